The van der Waals surface area contributed by atoms with E-state index in [2.05, 4.69) is 10.3 Å². The summed E-state index contributed by atoms with van der Waals surface area (Å²) in [7, 11) is 0. The lowest BCUT2D eigenvalue weighted by Gasteiger charge is -2.26. The summed E-state index contributed by atoms with van der Waals surface area (Å²) in [4.78, 5) is 17.9. The van der Waals surface area contributed by atoms with Crippen molar-refractivity contribution < 1.29 is 4.74 Å². The fourth-order valence-electron chi connectivity index (χ4n) is 3.68. The van der Waals surface area contributed by atoms with Gasteiger partial charge in [-0.2, -0.15) is 0 Å². The normalized spacial score (nSPS) is 15.2. The number of nitrogens with one attached hydrogen (secondary N) is 1. The lowest BCUT2D eigenvalue weighted by atomic mass is 10.0. The number of benzene rings is 1. The largest absolute Gasteiger partial charge is 0.355 e. The van der Waals surface area contributed by atoms with Crippen LogP contribution in [0.2, 0.25) is 5.02 Å². The molecule has 6 nitrogen and oxygen atoms in total. The van der Waals surface area contributed by atoms with Gasteiger partial charge in [0.05, 0.1) is 5.69 Å². The van der Waals surface area contributed by atoms with E-state index < -0.39 is 0 Å². The molecule has 0 saturated heterocycles. The van der Waals surface area contributed by atoms with Gasteiger partial charge < -0.3 is 14.5 Å². The molecule has 4 heterocycles. The molecule has 1 atom stereocenters. The molecule has 1 unspecified atom stereocenters. The van der Waals surface area contributed by atoms with Gasteiger partial charge in [-0.15, -0.1) is 0 Å². The van der Waals surface area contributed by atoms with Gasteiger partial charge in [0.2, 0.25) is 0 Å². The Hall–Kier alpha value is -3.35. The van der Waals surface area contributed by atoms with Gasteiger partial charge in [0, 0.05) is 46.9 Å². The molecule has 1 N–H and O–H groups in total. The fourth-order valence-corrected chi connectivity index (χ4v) is 3.81. The molecule has 0 bridgehead atoms. The van der Waals surface area contributed by atoms with Crippen molar-refractivity contribution in [3.8, 4) is 16.8 Å². The maximum Gasteiger partial charge on any atom is 0.264 e. The molecule has 3 aromatic heterocycles. The number of imidazole rings is 1. The third-order valence-corrected chi connectivity index (χ3v) is 5.34. The second kappa shape index (κ2) is 7.48. The van der Waals surface area contributed by atoms with Crippen LogP contribution in [-0.2, 0) is 4.74 Å². The quantitative estimate of drug-likeness (QED) is 0.526. The molecular weight excluding hydrogens is 400 g/mol. The van der Waals surface area contributed by atoms with Gasteiger partial charge in [0.1, 0.15) is 17.7 Å². The van der Waals surface area contributed by atoms with Gasteiger partial charge in [0.25, 0.3) is 5.56 Å². The summed E-state index contributed by atoms with van der Waals surface area (Å²) in [5, 5.41) is 3.94. The highest BCUT2D eigenvalue weighted by Crippen LogP contribution is 2.29. The van der Waals surface area contributed by atoms with E-state index in [1.54, 1.807) is 22.9 Å². The lowest BCUT2D eigenvalue weighted by molar-refractivity contribution is 0.115. The van der Waals surface area contributed by atoms with Crippen molar-refractivity contribution in [1.82, 2.24) is 14.0 Å². The first-order chi connectivity index (χ1) is 14.6. The maximum atomic E-state index is 13.7. The summed E-state index contributed by atoms with van der Waals surface area (Å²) >= 11 is 6.08. The molecule has 0 saturated carbocycles. The predicted molar refractivity (Wildman–Crippen MR) is 119 cm³/mol. The van der Waals surface area contributed by atoms with Crippen molar-refractivity contribution in [2.45, 2.75) is 13.2 Å². The van der Waals surface area contributed by atoms with Crippen LogP contribution < -0.4 is 10.9 Å². The van der Waals surface area contributed by atoms with Crippen LogP contribution in [0.3, 0.4) is 0 Å². The molecule has 1 aromatic carbocycles. The van der Waals surface area contributed by atoms with Crippen LogP contribution >= 0.6 is 11.6 Å². The van der Waals surface area contributed by atoms with Gasteiger partial charge in [-0.3, -0.25) is 9.36 Å². The Morgan fingerprint density at radius 3 is 2.83 bits per heavy atom. The van der Waals surface area contributed by atoms with Crippen LogP contribution in [0.1, 0.15) is 12.5 Å². The summed E-state index contributed by atoms with van der Waals surface area (Å²) in [6, 6.07) is 13.0. The number of hydrogen-bond acceptors (Lipinski definition) is 4. The Labute approximate surface area is 178 Å². The fraction of sp³-hybridized carbons (Fsp3) is 0.130. The first kappa shape index (κ1) is 18.7. The number of hydrogen-bond donors (Lipinski definition) is 1. The van der Waals surface area contributed by atoms with E-state index in [0.717, 1.165) is 22.5 Å². The monoisotopic (exact) mass is 418 g/mol. The van der Waals surface area contributed by atoms with Gasteiger partial charge in [-0.05, 0) is 55.5 Å². The molecule has 1 aliphatic rings. The Balaban J connectivity index is 1.74. The number of aromatic nitrogens is 3. The highest BCUT2D eigenvalue weighted by molar-refractivity contribution is 6.30. The van der Waals surface area contributed by atoms with E-state index in [1.165, 1.54) is 0 Å². The molecular formula is C23H19ClN4O2. The molecule has 0 fully saturated rings. The first-order valence-corrected chi connectivity index (χ1v) is 10.1. The zero-order valence-corrected chi connectivity index (χ0v) is 17.0. The zero-order chi connectivity index (χ0) is 20.7. The van der Waals surface area contributed by atoms with Gasteiger partial charge in [-0.25, -0.2) is 4.98 Å². The zero-order valence-electron chi connectivity index (χ0n) is 16.2. The Morgan fingerprint density at radius 1 is 1.20 bits per heavy atom. The SMILES string of the molecule is CCOC1C=Cc2cc(-c3ccc4nccn4c3)c(=O)n(-c3ccc(Cl)cc3)c2N1. The average molecular weight is 419 g/mol. The maximum absolute atomic E-state index is 13.7. The van der Waals surface area contributed by atoms with Crippen molar-refractivity contribution in [2.75, 3.05) is 11.9 Å². The summed E-state index contributed by atoms with van der Waals surface area (Å²) in [5.41, 5.74) is 3.74. The van der Waals surface area contributed by atoms with Crippen molar-refractivity contribution in [3.63, 3.8) is 0 Å². The van der Waals surface area contributed by atoms with Gasteiger partial charge in [0.15, 0.2) is 0 Å². The summed E-state index contributed by atoms with van der Waals surface area (Å²) in [6.07, 6.45) is 9.15. The summed E-state index contributed by atoms with van der Waals surface area (Å²) < 4.78 is 9.28. The molecule has 0 radical (unpaired) electrons. The minimum Gasteiger partial charge on any atom is -0.355 e. The molecule has 5 rings (SSSR count). The topological polar surface area (TPSA) is 60.6 Å². The molecule has 0 amide bonds. The molecule has 1 aliphatic heterocycles. The number of ether oxygens (including phenoxy) is 1. The van der Waals surface area contributed by atoms with E-state index in [9.17, 15) is 4.79 Å². The van der Waals surface area contributed by atoms with Crippen LogP contribution in [0.4, 0.5) is 5.82 Å². The van der Waals surface area contributed by atoms with E-state index in [0.29, 0.717) is 23.0 Å². The van der Waals surface area contributed by atoms with E-state index >= 15 is 0 Å². The standard InChI is InChI=1S/C23H19ClN4O2/c1-2-30-21-10-4-15-13-19(16-3-9-20-25-11-12-27(20)14-16)23(29)28(22(15)26-21)18-7-5-17(24)6-8-18/h3-14,21,26H,2H2,1H3. The number of fused-ring (bicyclic) bond motifs is 2. The van der Waals surface area contributed by atoms with Crippen molar-refractivity contribution >= 4 is 29.1 Å². The van der Waals surface area contributed by atoms with E-state index in [4.69, 9.17) is 16.3 Å². The second-order valence-corrected chi connectivity index (χ2v) is 7.41. The second-order valence-electron chi connectivity index (χ2n) is 6.97. The number of anilines is 1. The molecule has 0 aliphatic carbocycles. The highest BCUT2D eigenvalue weighted by Gasteiger charge is 2.21. The van der Waals surface area contributed by atoms with Crippen LogP contribution in [-0.4, -0.2) is 26.8 Å². The third kappa shape index (κ3) is 3.20. The average Bonchev–Trinajstić information content (AvgIpc) is 3.22. The Kier molecular flexibility index (Phi) is 4.65. The van der Waals surface area contributed by atoms with Crippen LogP contribution in [0.25, 0.3) is 28.5 Å². The Morgan fingerprint density at radius 2 is 2.03 bits per heavy atom. The molecule has 0 spiro atoms. The molecule has 4 aromatic rings. The van der Waals surface area contributed by atoms with Crippen LogP contribution in [0, 0.1) is 0 Å². The minimum atomic E-state index is -0.298. The highest BCUT2D eigenvalue weighted by atomic mass is 35.5. The molecule has 7 heteroatoms. The number of nitrogens with zero attached hydrogens (tertiary/aromatic N) is 3. The van der Waals surface area contributed by atoms with E-state index in [-0.39, 0.29) is 11.8 Å². The van der Waals surface area contributed by atoms with Gasteiger partial charge >= 0.3 is 0 Å². The first-order valence-electron chi connectivity index (χ1n) is 9.69. The Bertz CT molecular complexity index is 1320. The molecule has 30 heavy (non-hydrogen) atoms. The minimum absolute atomic E-state index is 0.131. The predicted octanol–water partition coefficient (Wildman–Crippen LogP) is 4.61. The van der Waals surface area contributed by atoms with Gasteiger partial charge in [-0.1, -0.05) is 17.7 Å². The number of rotatable bonds is 4. The lowest BCUT2D eigenvalue weighted by Crippen LogP contribution is -2.31. The van der Waals surface area contributed by atoms with Crippen LogP contribution in [0.15, 0.2) is 71.9 Å². The summed E-state index contributed by atoms with van der Waals surface area (Å²) in [6.45, 7) is 2.50. The van der Waals surface area contributed by atoms with E-state index in [1.807, 2.05) is 66.2 Å². The van der Waals surface area contributed by atoms with Crippen molar-refractivity contribution in [2.24, 2.45) is 0 Å². The van der Waals surface area contributed by atoms with Crippen molar-refractivity contribution in [3.05, 3.63) is 88.1 Å². The smallest absolute Gasteiger partial charge is 0.264 e. The third-order valence-electron chi connectivity index (χ3n) is 5.09. The number of halogens is 1. The van der Waals surface area contributed by atoms with Crippen molar-refractivity contribution in [1.29, 1.82) is 0 Å². The van der Waals surface area contributed by atoms with Crippen LogP contribution in [0.5, 0.6) is 0 Å². The molecule has 150 valence electrons. The number of pyridine rings is 2. The summed E-state index contributed by atoms with van der Waals surface area (Å²) in [5.74, 6) is 0.690.